The van der Waals surface area contributed by atoms with Crippen molar-refractivity contribution in [3.8, 4) is 0 Å². The SMILES string of the molecule is C[C@@H]1C=CC[C@@H]2C(=O)N(N(Cc3ccc(Cl)cc3)C(=O)c3ccccc3Cl)C(=O)[C@@H]12. The largest absolute Gasteiger partial charge is 0.274 e. The number of fused-ring (bicyclic) bond motifs is 1. The average molecular weight is 443 g/mol. The zero-order valence-corrected chi connectivity index (χ0v) is 17.8. The van der Waals surface area contributed by atoms with Gasteiger partial charge >= 0.3 is 0 Å². The molecule has 1 fully saturated rings. The fraction of sp³-hybridized carbons (Fsp3) is 0.261. The summed E-state index contributed by atoms with van der Waals surface area (Å²) in [4.78, 5) is 40.0. The van der Waals surface area contributed by atoms with Gasteiger partial charge < -0.3 is 0 Å². The molecule has 0 aromatic heterocycles. The minimum Gasteiger partial charge on any atom is -0.272 e. The fourth-order valence-corrected chi connectivity index (χ4v) is 4.48. The van der Waals surface area contributed by atoms with Crippen LogP contribution in [0.25, 0.3) is 0 Å². The maximum atomic E-state index is 13.5. The number of hydrogen-bond acceptors (Lipinski definition) is 3. The molecule has 30 heavy (non-hydrogen) atoms. The number of halogens is 2. The lowest BCUT2D eigenvalue weighted by molar-refractivity contribution is -0.155. The van der Waals surface area contributed by atoms with E-state index < -0.39 is 17.7 Å². The summed E-state index contributed by atoms with van der Waals surface area (Å²) in [6.07, 6.45) is 4.38. The number of hydrazine groups is 1. The van der Waals surface area contributed by atoms with Crippen molar-refractivity contribution in [1.29, 1.82) is 0 Å². The Labute approximate surface area is 184 Å². The number of nitrogens with zero attached hydrogens (tertiary/aromatic N) is 2. The van der Waals surface area contributed by atoms with Crippen LogP contribution in [0, 0.1) is 17.8 Å². The lowest BCUT2D eigenvalue weighted by Gasteiger charge is -2.31. The Morgan fingerprint density at radius 2 is 1.77 bits per heavy atom. The molecule has 3 amide bonds. The van der Waals surface area contributed by atoms with Crippen molar-refractivity contribution in [3.05, 3.63) is 81.9 Å². The van der Waals surface area contributed by atoms with E-state index in [1.54, 1.807) is 48.5 Å². The zero-order valence-electron chi connectivity index (χ0n) is 16.3. The monoisotopic (exact) mass is 442 g/mol. The third-order valence-electron chi connectivity index (χ3n) is 5.68. The summed E-state index contributed by atoms with van der Waals surface area (Å²) in [6.45, 7) is 1.96. The van der Waals surface area contributed by atoms with Crippen molar-refractivity contribution < 1.29 is 14.4 Å². The average Bonchev–Trinajstić information content (AvgIpc) is 2.99. The number of carbonyl (C=O) groups excluding carboxylic acids is 3. The molecule has 0 N–H and O–H groups in total. The summed E-state index contributed by atoms with van der Waals surface area (Å²) >= 11 is 12.2. The number of amides is 3. The first-order chi connectivity index (χ1) is 14.4. The van der Waals surface area contributed by atoms with E-state index in [0.717, 1.165) is 10.6 Å². The maximum Gasteiger partial charge on any atom is 0.274 e. The maximum absolute atomic E-state index is 13.5. The van der Waals surface area contributed by atoms with Gasteiger partial charge in [0.15, 0.2) is 0 Å². The number of hydrogen-bond donors (Lipinski definition) is 0. The van der Waals surface area contributed by atoms with Crippen molar-refractivity contribution in [2.24, 2.45) is 17.8 Å². The van der Waals surface area contributed by atoms with E-state index >= 15 is 0 Å². The predicted octanol–water partition coefficient (Wildman–Crippen LogP) is 4.75. The summed E-state index contributed by atoms with van der Waals surface area (Å²) in [5, 5.41) is 3.05. The molecule has 5 nitrogen and oxygen atoms in total. The summed E-state index contributed by atoms with van der Waals surface area (Å²) in [5.74, 6) is -2.19. The molecule has 1 saturated heterocycles. The molecule has 154 valence electrons. The Balaban J connectivity index is 1.74. The molecule has 3 atom stereocenters. The third kappa shape index (κ3) is 3.64. The molecule has 2 aromatic rings. The van der Waals surface area contributed by atoms with Gasteiger partial charge in [0.1, 0.15) is 0 Å². The lowest BCUT2D eigenvalue weighted by atomic mass is 9.78. The van der Waals surface area contributed by atoms with Gasteiger partial charge in [0.05, 0.1) is 29.0 Å². The number of imide groups is 1. The highest BCUT2D eigenvalue weighted by Crippen LogP contribution is 2.39. The van der Waals surface area contributed by atoms with Gasteiger partial charge in [0.25, 0.3) is 17.7 Å². The highest BCUT2D eigenvalue weighted by atomic mass is 35.5. The topological polar surface area (TPSA) is 57.7 Å². The second kappa shape index (κ2) is 8.25. The van der Waals surface area contributed by atoms with Crippen LogP contribution in [0.1, 0.15) is 29.3 Å². The molecule has 0 unspecified atom stereocenters. The van der Waals surface area contributed by atoms with Gasteiger partial charge in [0.2, 0.25) is 0 Å². The van der Waals surface area contributed by atoms with Crippen molar-refractivity contribution in [2.75, 3.05) is 0 Å². The number of carbonyl (C=O) groups is 3. The van der Waals surface area contributed by atoms with Crippen molar-refractivity contribution >= 4 is 40.9 Å². The molecular weight excluding hydrogens is 423 g/mol. The van der Waals surface area contributed by atoms with Crippen LogP contribution >= 0.6 is 23.2 Å². The van der Waals surface area contributed by atoms with Gasteiger partial charge in [-0.1, -0.05) is 66.5 Å². The fourth-order valence-electron chi connectivity index (χ4n) is 4.14. The molecule has 4 rings (SSSR count). The second-order valence-corrected chi connectivity index (χ2v) is 8.46. The lowest BCUT2D eigenvalue weighted by Crippen LogP contribution is -2.50. The van der Waals surface area contributed by atoms with Crippen LogP contribution in [0.15, 0.2) is 60.7 Å². The van der Waals surface area contributed by atoms with Crippen LogP contribution in [0.4, 0.5) is 0 Å². The molecule has 7 heteroatoms. The van der Waals surface area contributed by atoms with E-state index in [1.807, 2.05) is 19.1 Å². The Kier molecular flexibility index (Phi) is 5.67. The highest BCUT2D eigenvalue weighted by molar-refractivity contribution is 6.34. The van der Waals surface area contributed by atoms with Crippen LogP contribution in [-0.4, -0.2) is 27.7 Å². The van der Waals surface area contributed by atoms with Crippen molar-refractivity contribution in [3.63, 3.8) is 0 Å². The molecule has 2 aromatic carbocycles. The van der Waals surface area contributed by atoms with Crippen LogP contribution in [-0.2, 0) is 16.1 Å². The van der Waals surface area contributed by atoms with E-state index in [9.17, 15) is 14.4 Å². The zero-order chi connectivity index (χ0) is 21.4. The van der Waals surface area contributed by atoms with Crippen LogP contribution < -0.4 is 0 Å². The van der Waals surface area contributed by atoms with E-state index in [1.165, 1.54) is 5.01 Å². The van der Waals surface area contributed by atoms with Gasteiger partial charge in [-0.05, 0) is 42.2 Å². The molecule has 0 spiro atoms. The normalized spacial score (nSPS) is 22.9. The summed E-state index contributed by atoms with van der Waals surface area (Å²) < 4.78 is 0. The van der Waals surface area contributed by atoms with Gasteiger partial charge in [-0.2, -0.15) is 5.01 Å². The quantitative estimate of drug-likeness (QED) is 0.506. The van der Waals surface area contributed by atoms with Crippen molar-refractivity contribution in [2.45, 2.75) is 19.9 Å². The minimum atomic E-state index is -0.503. The Hall–Kier alpha value is -2.63. The Bertz CT molecular complexity index is 1030. The number of rotatable bonds is 4. The minimum absolute atomic E-state index is 0.0416. The van der Waals surface area contributed by atoms with Gasteiger partial charge in [-0.15, -0.1) is 0 Å². The molecule has 1 heterocycles. The van der Waals surface area contributed by atoms with E-state index in [4.69, 9.17) is 23.2 Å². The molecule has 0 radical (unpaired) electrons. The molecule has 1 aliphatic carbocycles. The summed E-state index contributed by atoms with van der Waals surface area (Å²) in [6, 6.07) is 13.5. The second-order valence-electron chi connectivity index (χ2n) is 7.61. The predicted molar refractivity (Wildman–Crippen MR) is 115 cm³/mol. The van der Waals surface area contributed by atoms with E-state index in [-0.39, 0.29) is 34.9 Å². The molecule has 2 aliphatic rings. The Morgan fingerprint density at radius 3 is 2.43 bits per heavy atom. The molecular formula is C23H20Cl2N2O3. The number of benzene rings is 2. The summed E-state index contributed by atoms with van der Waals surface area (Å²) in [5.41, 5.74) is 0.969. The van der Waals surface area contributed by atoms with Gasteiger partial charge in [-0.25, -0.2) is 5.01 Å². The smallest absolute Gasteiger partial charge is 0.272 e. The third-order valence-corrected chi connectivity index (χ3v) is 6.26. The first kappa shape index (κ1) is 20.6. The van der Waals surface area contributed by atoms with Crippen molar-refractivity contribution in [1.82, 2.24) is 10.0 Å². The molecule has 0 saturated carbocycles. The Morgan fingerprint density at radius 1 is 1.07 bits per heavy atom. The standard InChI is InChI=1S/C23H20Cl2N2O3/c1-14-5-4-7-18-20(14)23(30)27(22(18)29)26(13-15-9-11-16(24)12-10-15)21(28)17-6-2-3-8-19(17)25/h2-6,8-12,14,18,20H,7,13H2,1H3/t14-,18+,20+/m1/s1. The van der Waals surface area contributed by atoms with Crippen LogP contribution in [0.2, 0.25) is 10.0 Å². The van der Waals surface area contributed by atoms with E-state index in [0.29, 0.717) is 11.4 Å². The van der Waals surface area contributed by atoms with Crippen LogP contribution in [0.3, 0.4) is 0 Å². The first-order valence-corrected chi connectivity index (χ1v) is 10.5. The van der Waals surface area contributed by atoms with Gasteiger partial charge in [-0.3, -0.25) is 14.4 Å². The highest BCUT2D eigenvalue weighted by Gasteiger charge is 2.53. The van der Waals surface area contributed by atoms with Crippen LogP contribution in [0.5, 0.6) is 0 Å². The van der Waals surface area contributed by atoms with E-state index in [2.05, 4.69) is 0 Å². The molecule has 0 bridgehead atoms. The number of allylic oxidation sites excluding steroid dienone is 2. The van der Waals surface area contributed by atoms with Gasteiger partial charge in [0, 0.05) is 5.02 Å². The first-order valence-electron chi connectivity index (χ1n) is 9.73. The summed E-state index contributed by atoms with van der Waals surface area (Å²) in [7, 11) is 0. The molecule has 1 aliphatic heterocycles.